The molecule has 1 aromatic carbocycles. The van der Waals surface area contributed by atoms with Crippen molar-refractivity contribution in [2.75, 3.05) is 0 Å². The summed E-state index contributed by atoms with van der Waals surface area (Å²) in [5, 5.41) is 28.5. The monoisotopic (exact) mass is 206 g/mol. The van der Waals surface area contributed by atoms with E-state index in [9.17, 15) is 9.90 Å². The fourth-order valence-electron chi connectivity index (χ4n) is 0.950. The van der Waals surface area contributed by atoms with Gasteiger partial charge < -0.3 is 15.3 Å². The molecule has 0 atom stereocenters. The van der Waals surface area contributed by atoms with Gasteiger partial charge in [-0.25, -0.2) is 4.79 Å². The first kappa shape index (κ1) is 12.9. The number of aryl methyl sites for hydroxylation is 1. The number of hydrogen-bond donors (Lipinski definition) is 2. The molecule has 0 bridgehead atoms. The van der Waals surface area contributed by atoms with Crippen LogP contribution in [0, 0.1) is 6.92 Å². The van der Waals surface area contributed by atoms with E-state index in [1.165, 1.54) is 12.1 Å². The van der Waals surface area contributed by atoms with Crippen molar-refractivity contribution >= 4 is 5.97 Å². The van der Waals surface area contributed by atoms with Gasteiger partial charge in [-0.3, -0.25) is 0 Å². The van der Waals surface area contributed by atoms with E-state index in [0.29, 0.717) is 5.56 Å². The van der Waals surface area contributed by atoms with E-state index in [1.807, 2.05) is 0 Å². The summed E-state index contributed by atoms with van der Waals surface area (Å²) in [5.74, 6) is -2.55. The Morgan fingerprint density at radius 2 is 2.00 bits per heavy atom. The molecule has 1 rings (SSSR count). The number of aromatic hydroxyl groups is 1. The number of hydrogen-bond acceptors (Lipinski definition) is 3. The zero-order valence-electron chi connectivity index (χ0n) is 7.37. The topological polar surface area (TPSA) is 80.6 Å². The quantitative estimate of drug-likeness (QED) is 0.497. The van der Waals surface area contributed by atoms with Crippen LogP contribution in [0.25, 0.3) is 0 Å². The molecule has 0 unspecified atom stereocenters. The van der Waals surface area contributed by atoms with E-state index in [2.05, 4.69) is 0 Å². The van der Waals surface area contributed by atoms with Gasteiger partial charge in [0.1, 0.15) is 5.75 Å². The summed E-state index contributed by atoms with van der Waals surface area (Å²) >= 11 is 0. The number of carbonyl (C=O) groups is 1. The van der Waals surface area contributed by atoms with Crippen LogP contribution in [0.4, 0.5) is 0 Å². The summed E-state index contributed by atoms with van der Waals surface area (Å²) in [5.41, 5.74) is -0.0249. The Morgan fingerprint density at radius 1 is 1.46 bits per heavy atom. The molecule has 0 saturated heterocycles. The number of aromatic carboxylic acids is 1. The number of rotatable bonds is 1. The van der Waals surface area contributed by atoms with E-state index in [1.54, 1.807) is 6.92 Å². The molecule has 0 radical (unpaired) electrons. The minimum Gasteiger partial charge on any atom is -0.872 e. The molecule has 0 fully saturated rings. The van der Waals surface area contributed by atoms with Crippen LogP contribution in [-0.2, 0) is 0 Å². The second-order valence-electron chi connectivity index (χ2n) is 2.46. The molecule has 0 spiro atoms. The maximum Gasteiger partial charge on any atom is 1.00 e. The van der Waals surface area contributed by atoms with Crippen molar-refractivity contribution in [2.24, 2.45) is 0 Å². The van der Waals surface area contributed by atoms with Gasteiger partial charge in [-0.1, -0.05) is 11.8 Å². The Morgan fingerprint density at radius 3 is 2.38 bits per heavy atom. The SMILES string of the molecule is Cc1cc([O-])c(C(=O)O)c(O)c1.[K+]. The van der Waals surface area contributed by atoms with Crippen LogP contribution >= 0.6 is 0 Å². The number of phenols is 1. The van der Waals surface area contributed by atoms with Gasteiger partial charge in [-0.15, -0.1) is 0 Å². The molecule has 0 aliphatic rings. The summed E-state index contributed by atoms with van der Waals surface area (Å²) in [6.45, 7) is 1.60. The van der Waals surface area contributed by atoms with Gasteiger partial charge in [0, 0.05) is 0 Å². The smallest absolute Gasteiger partial charge is 0.872 e. The van der Waals surface area contributed by atoms with Gasteiger partial charge in [0.25, 0.3) is 0 Å². The molecular weight excluding hydrogens is 199 g/mol. The Labute approximate surface area is 118 Å². The summed E-state index contributed by atoms with van der Waals surface area (Å²) in [7, 11) is 0. The van der Waals surface area contributed by atoms with E-state index >= 15 is 0 Å². The average Bonchev–Trinajstić information content (AvgIpc) is 1.82. The van der Waals surface area contributed by atoms with Gasteiger partial charge >= 0.3 is 57.4 Å². The second kappa shape index (κ2) is 4.97. The van der Waals surface area contributed by atoms with Gasteiger partial charge in [-0.2, -0.15) is 0 Å². The Bertz CT molecular complexity index is 312. The van der Waals surface area contributed by atoms with Crippen molar-refractivity contribution in [2.45, 2.75) is 6.92 Å². The van der Waals surface area contributed by atoms with Crippen LogP contribution in [-0.4, -0.2) is 16.2 Å². The second-order valence-corrected chi connectivity index (χ2v) is 2.46. The molecule has 0 aromatic heterocycles. The van der Waals surface area contributed by atoms with E-state index in [4.69, 9.17) is 10.2 Å². The van der Waals surface area contributed by atoms with Crippen LogP contribution < -0.4 is 56.5 Å². The molecule has 4 nitrogen and oxygen atoms in total. The minimum atomic E-state index is -1.41. The molecule has 2 N–H and O–H groups in total. The fourth-order valence-corrected chi connectivity index (χ4v) is 0.950. The van der Waals surface area contributed by atoms with Gasteiger partial charge in [-0.05, 0) is 18.6 Å². The third kappa shape index (κ3) is 2.96. The van der Waals surface area contributed by atoms with Crippen molar-refractivity contribution in [3.63, 3.8) is 0 Å². The molecule has 5 heteroatoms. The molecule has 0 saturated carbocycles. The van der Waals surface area contributed by atoms with Crippen LogP contribution in [0.5, 0.6) is 11.5 Å². The van der Waals surface area contributed by atoms with Gasteiger partial charge in [0.05, 0.1) is 5.56 Å². The van der Waals surface area contributed by atoms with Crippen molar-refractivity contribution in [3.05, 3.63) is 23.3 Å². The molecule has 13 heavy (non-hydrogen) atoms. The van der Waals surface area contributed by atoms with E-state index in [0.717, 1.165) is 0 Å². The molecule has 0 amide bonds. The first-order valence-corrected chi connectivity index (χ1v) is 3.26. The summed E-state index contributed by atoms with van der Waals surface area (Å²) in [6.07, 6.45) is 0. The maximum atomic E-state index is 11.0. The third-order valence-corrected chi connectivity index (χ3v) is 1.44. The predicted molar refractivity (Wildman–Crippen MR) is 39.2 cm³/mol. The van der Waals surface area contributed by atoms with Crippen molar-refractivity contribution in [1.82, 2.24) is 0 Å². The van der Waals surface area contributed by atoms with Crippen molar-refractivity contribution in [3.8, 4) is 11.5 Å². The van der Waals surface area contributed by atoms with E-state index < -0.39 is 23.0 Å². The molecule has 1 aromatic rings. The number of carboxylic acid groups (broad SMARTS) is 1. The zero-order chi connectivity index (χ0) is 9.30. The van der Waals surface area contributed by atoms with Crippen molar-refractivity contribution < 1.29 is 71.5 Å². The predicted octanol–water partition coefficient (Wildman–Crippen LogP) is -2.52. The third-order valence-electron chi connectivity index (χ3n) is 1.44. The normalized spacial score (nSPS) is 9.00. The fraction of sp³-hybridized carbons (Fsp3) is 0.125. The number of benzene rings is 1. The van der Waals surface area contributed by atoms with Crippen LogP contribution in [0.15, 0.2) is 12.1 Å². The summed E-state index contributed by atoms with van der Waals surface area (Å²) < 4.78 is 0. The van der Waals surface area contributed by atoms with Crippen LogP contribution in [0.1, 0.15) is 15.9 Å². The Kier molecular flexibility index (Phi) is 4.94. The van der Waals surface area contributed by atoms with Crippen molar-refractivity contribution in [1.29, 1.82) is 0 Å². The molecule has 0 heterocycles. The number of carboxylic acids is 1. The standard InChI is InChI=1S/C8H8O4.K/c1-4-2-5(9)7(8(11)12)6(10)3-4;/h2-3,9-10H,1H3,(H,11,12);/q;+1/p-1. The maximum absolute atomic E-state index is 11.0. The average molecular weight is 206 g/mol. The van der Waals surface area contributed by atoms with Crippen LogP contribution in [0.3, 0.4) is 0 Å². The summed E-state index contributed by atoms with van der Waals surface area (Å²) in [4.78, 5) is 10.4. The van der Waals surface area contributed by atoms with E-state index in [-0.39, 0.29) is 51.4 Å². The zero-order valence-corrected chi connectivity index (χ0v) is 10.5. The molecule has 0 aliphatic carbocycles. The van der Waals surface area contributed by atoms with Crippen LogP contribution in [0.2, 0.25) is 0 Å². The molecular formula is C8H7KO4. The molecule has 64 valence electrons. The molecule has 0 aliphatic heterocycles. The summed E-state index contributed by atoms with van der Waals surface area (Å²) in [6, 6.07) is 2.41. The van der Waals surface area contributed by atoms with Gasteiger partial charge in [0.15, 0.2) is 0 Å². The van der Waals surface area contributed by atoms with Gasteiger partial charge in [0.2, 0.25) is 0 Å². The Balaban J connectivity index is 0.00000144. The Hall–Kier alpha value is -0.0736. The first-order valence-electron chi connectivity index (χ1n) is 3.26. The first-order chi connectivity index (χ1) is 5.52. The largest absolute Gasteiger partial charge is 1.00 e. The minimum absolute atomic E-state index is 0.